The van der Waals surface area contributed by atoms with Crippen LogP contribution in [0.3, 0.4) is 0 Å². The zero-order chi connectivity index (χ0) is 14.9. The molecular weight excluding hydrogens is 348 g/mol. The van der Waals surface area contributed by atoms with Crippen molar-refractivity contribution in [3.05, 3.63) is 34.4 Å². The molecule has 9 heteroatoms. The van der Waals surface area contributed by atoms with Crippen molar-refractivity contribution >= 4 is 21.7 Å². The van der Waals surface area contributed by atoms with Gasteiger partial charge in [-0.25, -0.2) is 4.39 Å². The molecule has 0 radical (unpaired) electrons. The van der Waals surface area contributed by atoms with Gasteiger partial charge >= 0.3 is 6.18 Å². The van der Waals surface area contributed by atoms with Crippen LogP contribution in [0, 0.1) is 5.82 Å². The van der Waals surface area contributed by atoms with Crippen LogP contribution in [-0.2, 0) is 11.2 Å². The van der Waals surface area contributed by atoms with Crippen LogP contribution in [-0.4, -0.2) is 22.1 Å². The third-order valence-electron chi connectivity index (χ3n) is 2.27. The summed E-state index contributed by atoms with van der Waals surface area (Å²) < 4.78 is 54.0. The smallest absolute Gasteiger partial charge is 0.338 e. The zero-order valence-corrected chi connectivity index (χ0v) is 11.1. The monoisotopic (exact) mass is 352 g/mol. The summed E-state index contributed by atoms with van der Waals surface area (Å²) in [6.07, 6.45) is -5.99. The molecule has 0 amide bonds. The van der Waals surface area contributed by atoms with E-state index in [9.17, 15) is 22.4 Å². The van der Waals surface area contributed by atoms with Crippen LogP contribution in [0.5, 0.6) is 0 Å². The second kappa shape index (κ2) is 5.31. The molecule has 0 bridgehead atoms. The normalized spacial score (nSPS) is 11.7. The largest absolute Gasteiger partial charge is 0.450 e. The van der Waals surface area contributed by atoms with E-state index in [2.05, 4.69) is 30.6 Å². The molecule has 20 heavy (non-hydrogen) atoms. The predicted octanol–water partition coefficient (Wildman–Crippen LogP) is 3.31. The van der Waals surface area contributed by atoms with Crippen molar-refractivity contribution in [1.82, 2.24) is 10.1 Å². The fourth-order valence-electron chi connectivity index (χ4n) is 1.34. The SMILES string of the molecule is O=C(Cc1nc(-c2ccc(F)cc2Br)no1)C(F)(F)F. The minimum absolute atomic E-state index is 0.0400. The lowest BCUT2D eigenvalue weighted by Gasteiger charge is -2.01. The minimum Gasteiger partial charge on any atom is -0.338 e. The molecule has 0 aliphatic rings. The average molecular weight is 353 g/mol. The van der Waals surface area contributed by atoms with Gasteiger partial charge in [0, 0.05) is 10.0 Å². The number of ketones is 1. The molecule has 1 heterocycles. The molecule has 0 saturated carbocycles. The Kier molecular flexibility index (Phi) is 3.89. The zero-order valence-electron chi connectivity index (χ0n) is 9.54. The van der Waals surface area contributed by atoms with Crippen LogP contribution in [0.4, 0.5) is 17.6 Å². The quantitative estimate of drug-likeness (QED) is 0.795. The molecule has 4 nitrogen and oxygen atoms in total. The Labute approximate surface area is 117 Å². The van der Waals surface area contributed by atoms with Crippen LogP contribution in [0.15, 0.2) is 27.2 Å². The first-order valence-electron chi connectivity index (χ1n) is 5.15. The highest BCUT2D eigenvalue weighted by Gasteiger charge is 2.39. The van der Waals surface area contributed by atoms with Crippen LogP contribution in [0.1, 0.15) is 5.89 Å². The Morgan fingerprint density at radius 2 is 2.05 bits per heavy atom. The number of benzene rings is 1. The third-order valence-corrected chi connectivity index (χ3v) is 2.92. The van der Waals surface area contributed by atoms with Gasteiger partial charge in [0.25, 0.3) is 0 Å². The summed E-state index contributed by atoms with van der Waals surface area (Å²) in [5, 5.41) is 3.45. The van der Waals surface area contributed by atoms with Gasteiger partial charge in [-0.05, 0) is 34.1 Å². The first-order chi connectivity index (χ1) is 9.27. The molecule has 0 spiro atoms. The number of carbonyl (C=O) groups is 1. The highest BCUT2D eigenvalue weighted by molar-refractivity contribution is 9.10. The molecule has 2 rings (SSSR count). The standard InChI is InChI=1S/C11H5BrF4N2O2/c12-7-3-5(13)1-2-6(7)10-17-9(20-18-10)4-8(19)11(14,15)16/h1-3H,4H2. The van der Waals surface area contributed by atoms with Gasteiger partial charge < -0.3 is 4.52 Å². The van der Waals surface area contributed by atoms with E-state index in [0.717, 1.165) is 12.1 Å². The van der Waals surface area contributed by atoms with Gasteiger partial charge in [0.05, 0.1) is 6.42 Å². The number of hydrogen-bond acceptors (Lipinski definition) is 4. The van der Waals surface area contributed by atoms with Crippen molar-refractivity contribution in [3.63, 3.8) is 0 Å². The summed E-state index contributed by atoms with van der Waals surface area (Å²) in [5.41, 5.74) is 0.334. The Balaban J connectivity index is 2.23. The lowest BCUT2D eigenvalue weighted by Crippen LogP contribution is -2.24. The van der Waals surface area contributed by atoms with E-state index in [1.165, 1.54) is 6.07 Å². The van der Waals surface area contributed by atoms with E-state index >= 15 is 0 Å². The lowest BCUT2D eigenvalue weighted by molar-refractivity contribution is -0.170. The summed E-state index contributed by atoms with van der Waals surface area (Å²) >= 11 is 3.07. The highest BCUT2D eigenvalue weighted by atomic mass is 79.9. The molecule has 0 aliphatic carbocycles. The summed E-state index contributed by atoms with van der Waals surface area (Å²) in [6.45, 7) is 0. The number of rotatable bonds is 3. The molecule has 0 fully saturated rings. The van der Waals surface area contributed by atoms with Crippen molar-refractivity contribution in [3.8, 4) is 11.4 Å². The van der Waals surface area contributed by atoms with Gasteiger partial charge in [-0.15, -0.1) is 0 Å². The van der Waals surface area contributed by atoms with E-state index in [0.29, 0.717) is 10.0 Å². The fourth-order valence-corrected chi connectivity index (χ4v) is 1.87. The van der Waals surface area contributed by atoms with Crippen molar-refractivity contribution in [2.75, 3.05) is 0 Å². The maximum atomic E-state index is 12.9. The Morgan fingerprint density at radius 3 is 2.65 bits per heavy atom. The lowest BCUT2D eigenvalue weighted by atomic mass is 10.2. The van der Waals surface area contributed by atoms with Crippen molar-refractivity contribution < 1.29 is 26.9 Å². The Morgan fingerprint density at radius 1 is 1.35 bits per heavy atom. The predicted molar refractivity (Wildman–Crippen MR) is 62.2 cm³/mol. The molecule has 0 atom stereocenters. The van der Waals surface area contributed by atoms with Gasteiger partial charge in [0.1, 0.15) is 5.82 Å². The summed E-state index contributed by atoms with van der Waals surface area (Å²) in [5.74, 6) is -2.98. The molecular formula is C11H5BrF4N2O2. The van der Waals surface area contributed by atoms with Gasteiger partial charge in [-0.3, -0.25) is 4.79 Å². The number of carbonyl (C=O) groups excluding carboxylic acids is 1. The van der Waals surface area contributed by atoms with E-state index in [1.54, 1.807) is 0 Å². The molecule has 1 aromatic heterocycles. The number of nitrogens with zero attached hydrogens (tertiary/aromatic N) is 2. The van der Waals surface area contributed by atoms with E-state index < -0.39 is 30.1 Å². The fraction of sp³-hybridized carbons (Fsp3) is 0.182. The maximum absolute atomic E-state index is 12.9. The molecule has 106 valence electrons. The highest BCUT2D eigenvalue weighted by Crippen LogP contribution is 2.27. The van der Waals surface area contributed by atoms with Crippen LogP contribution < -0.4 is 0 Å². The molecule has 0 unspecified atom stereocenters. The summed E-state index contributed by atoms with van der Waals surface area (Å²) in [7, 11) is 0. The van der Waals surface area contributed by atoms with Crippen molar-refractivity contribution in [2.45, 2.75) is 12.6 Å². The van der Waals surface area contributed by atoms with Crippen molar-refractivity contribution in [2.24, 2.45) is 0 Å². The average Bonchev–Trinajstić information content (AvgIpc) is 2.76. The Hall–Kier alpha value is -1.77. The minimum atomic E-state index is -4.95. The van der Waals surface area contributed by atoms with Crippen molar-refractivity contribution in [1.29, 1.82) is 0 Å². The molecule has 1 aromatic carbocycles. The second-order valence-corrected chi connectivity index (χ2v) is 4.59. The van der Waals surface area contributed by atoms with Crippen LogP contribution in [0.2, 0.25) is 0 Å². The summed E-state index contributed by atoms with van der Waals surface area (Å²) in [6, 6.07) is 3.61. The Bertz CT molecular complexity index is 654. The van der Waals surface area contributed by atoms with Gasteiger partial charge in [0.15, 0.2) is 0 Å². The van der Waals surface area contributed by atoms with Crippen LogP contribution in [0.25, 0.3) is 11.4 Å². The van der Waals surface area contributed by atoms with Crippen LogP contribution >= 0.6 is 15.9 Å². The first kappa shape index (κ1) is 14.6. The first-order valence-corrected chi connectivity index (χ1v) is 5.94. The number of hydrogen-bond donors (Lipinski definition) is 0. The van der Waals surface area contributed by atoms with Gasteiger partial charge in [-0.2, -0.15) is 18.2 Å². The number of aromatic nitrogens is 2. The van der Waals surface area contributed by atoms with Gasteiger partial charge in [-0.1, -0.05) is 5.16 Å². The second-order valence-electron chi connectivity index (χ2n) is 3.73. The third kappa shape index (κ3) is 3.21. The van der Waals surface area contributed by atoms with E-state index in [1.807, 2.05) is 0 Å². The molecule has 0 N–H and O–H groups in total. The van der Waals surface area contributed by atoms with Gasteiger partial charge in [0.2, 0.25) is 17.5 Å². The van der Waals surface area contributed by atoms with E-state index in [-0.39, 0.29) is 5.82 Å². The number of alkyl halides is 3. The molecule has 0 saturated heterocycles. The number of halogens is 5. The molecule has 0 aliphatic heterocycles. The topological polar surface area (TPSA) is 56.0 Å². The number of Topliss-reactive ketones (excluding diaryl/α,β-unsaturated/α-hetero) is 1. The molecule has 2 aromatic rings. The maximum Gasteiger partial charge on any atom is 0.450 e. The summed E-state index contributed by atoms with van der Waals surface area (Å²) in [4.78, 5) is 14.5. The van der Waals surface area contributed by atoms with E-state index in [4.69, 9.17) is 0 Å².